The second-order valence-electron chi connectivity index (χ2n) is 7.56. The lowest BCUT2D eigenvalue weighted by Crippen LogP contribution is -2.39. The molecule has 0 aromatic rings. The van der Waals surface area contributed by atoms with Crippen molar-refractivity contribution >= 4 is 48.1 Å². The van der Waals surface area contributed by atoms with Gasteiger partial charge in [-0.25, -0.2) is 4.79 Å². The monoisotopic (exact) mass is 440 g/mol. The molecular weight excluding hydrogens is 412 g/mol. The van der Waals surface area contributed by atoms with Gasteiger partial charge in [0.2, 0.25) is 11.8 Å². The van der Waals surface area contributed by atoms with Gasteiger partial charge in [-0.2, -0.15) is 0 Å². The molecule has 1 aliphatic heterocycles. The highest BCUT2D eigenvalue weighted by atomic mass is 32.2. The van der Waals surface area contributed by atoms with E-state index in [0.717, 1.165) is 6.29 Å². The zero-order valence-corrected chi connectivity index (χ0v) is 17.9. The molecule has 1 aliphatic carbocycles. The second kappa shape index (κ2) is 11.8. The summed E-state index contributed by atoms with van der Waals surface area (Å²) in [5.41, 5.74) is 0. The Morgan fingerprint density at radius 2 is 1.90 bits per heavy atom. The van der Waals surface area contributed by atoms with Crippen LogP contribution in [0.1, 0.15) is 58.3 Å². The largest absolute Gasteiger partial charge is 0.336 e. The predicted octanol–water partition coefficient (Wildman–Crippen LogP) is 1.49. The number of thioether (sulfide) groups is 1. The Balaban J connectivity index is 1.80. The molecule has 1 atom stereocenters. The number of carbonyl (C=O) groups is 6. The molecule has 166 valence electrons. The zero-order valence-electron chi connectivity index (χ0n) is 17.1. The van der Waals surface area contributed by atoms with Crippen LogP contribution >= 0.6 is 11.8 Å². The Hall–Kier alpha value is -2.23. The molecule has 1 saturated heterocycles. The average molecular weight is 441 g/mol. The number of hydrogen-bond donors (Lipinski definition) is 0. The molecule has 1 heterocycles. The topological polar surface area (TPSA) is 118 Å². The molecule has 2 fully saturated rings. The summed E-state index contributed by atoms with van der Waals surface area (Å²) in [4.78, 5) is 76.4. The van der Waals surface area contributed by atoms with E-state index in [2.05, 4.69) is 0 Å². The fourth-order valence-electron chi connectivity index (χ4n) is 3.70. The number of carbonyl (C=O) groups excluding carboxylic acids is 6. The van der Waals surface area contributed by atoms with E-state index in [1.165, 1.54) is 16.7 Å². The smallest absolute Gasteiger partial charge is 0.330 e. The molecule has 1 unspecified atom stereocenters. The van der Waals surface area contributed by atoms with Crippen molar-refractivity contribution in [1.29, 1.82) is 0 Å². The number of nitrogens with zero attached hydrogens (tertiary/aromatic N) is 2. The van der Waals surface area contributed by atoms with E-state index in [4.69, 9.17) is 4.84 Å². The fourth-order valence-corrected chi connectivity index (χ4v) is 4.75. The zero-order chi connectivity index (χ0) is 22.1. The van der Waals surface area contributed by atoms with Crippen molar-refractivity contribution in [2.24, 2.45) is 11.8 Å². The Morgan fingerprint density at radius 3 is 2.50 bits per heavy atom. The van der Waals surface area contributed by atoms with Gasteiger partial charge in [0.1, 0.15) is 6.29 Å². The predicted molar refractivity (Wildman–Crippen MR) is 108 cm³/mol. The van der Waals surface area contributed by atoms with Crippen molar-refractivity contribution in [3.63, 3.8) is 0 Å². The van der Waals surface area contributed by atoms with Gasteiger partial charge in [-0.05, 0) is 38.0 Å². The SMILES string of the molecule is CCCC(=O)N(C=O)OC(=O)C1CCC(CN2C(=O)CC(SCCC=O)C2=O)CC1. The van der Waals surface area contributed by atoms with Crippen molar-refractivity contribution in [1.82, 2.24) is 9.96 Å². The first-order valence-electron chi connectivity index (χ1n) is 10.3. The summed E-state index contributed by atoms with van der Waals surface area (Å²) in [6, 6.07) is 0. The van der Waals surface area contributed by atoms with Crippen LogP contribution in [0.3, 0.4) is 0 Å². The van der Waals surface area contributed by atoms with Crippen LogP contribution in [0, 0.1) is 11.8 Å². The van der Waals surface area contributed by atoms with Crippen LogP contribution in [-0.2, 0) is 33.6 Å². The van der Waals surface area contributed by atoms with E-state index < -0.39 is 23.0 Å². The first kappa shape index (κ1) is 24.0. The van der Waals surface area contributed by atoms with Gasteiger partial charge >= 0.3 is 5.97 Å². The summed E-state index contributed by atoms with van der Waals surface area (Å²) in [5, 5.41) is 0.0424. The van der Waals surface area contributed by atoms with Crippen LogP contribution < -0.4 is 0 Å². The number of aldehydes is 1. The molecule has 0 N–H and O–H groups in total. The van der Waals surface area contributed by atoms with Crippen LogP contribution in [0.5, 0.6) is 0 Å². The number of likely N-dealkylation sites (tertiary alicyclic amines) is 1. The third-order valence-corrected chi connectivity index (χ3v) is 6.61. The van der Waals surface area contributed by atoms with Gasteiger partial charge in [-0.3, -0.25) is 24.1 Å². The number of amides is 4. The van der Waals surface area contributed by atoms with E-state index in [1.54, 1.807) is 6.92 Å². The first-order valence-corrected chi connectivity index (χ1v) is 11.3. The standard InChI is InChI=1S/C20H28N2O7S/c1-2-4-17(25)22(13-24)29-20(28)15-7-5-14(6-8-15)12-21-18(26)11-16(19(21)27)30-10-3-9-23/h9,13-16H,2-8,10-12H2,1H3. The number of hydrogen-bond acceptors (Lipinski definition) is 8. The summed E-state index contributed by atoms with van der Waals surface area (Å²) in [7, 11) is 0. The average Bonchev–Trinajstić information content (AvgIpc) is 3.00. The molecule has 0 aromatic heterocycles. The second-order valence-corrected chi connectivity index (χ2v) is 8.88. The summed E-state index contributed by atoms with van der Waals surface area (Å²) in [6.07, 6.45) is 4.47. The number of hydroxylamine groups is 2. The lowest BCUT2D eigenvalue weighted by Gasteiger charge is -2.30. The summed E-state index contributed by atoms with van der Waals surface area (Å²) >= 11 is 1.34. The first-order chi connectivity index (χ1) is 14.4. The van der Waals surface area contributed by atoms with Crippen molar-refractivity contribution in [3.8, 4) is 0 Å². The van der Waals surface area contributed by atoms with Crippen molar-refractivity contribution in [2.45, 2.75) is 63.5 Å². The van der Waals surface area contributed by atoms with Gasteiger partial charge in [0, 0.05) is 31.6 Å². The molecule has 2 aliphatic rings. The third-order valence-electron chi connectivity index (χ3n) is 5.37. The maximum Gasteiger partial charge on any atom is 0.336 e. The molecular formula is C20H28N2O7S. The molecule has 30 heavy (non-hydrogen) atoms. The van der Waals surface area contributed by atoms with Crippen LogP contribution in [0.2, 0.25) is 0 Å². The Morgan fingerprint density at radius 1 is 1.20 bits per heavy atom. The van der Waals surface area contributed by atoms with E-state index in [0.29, 0.717) is 55.9 Å². The minimum atomic E-state index is -0.607. The Kier molecular flexibility index (Phi) is 9.48. The molecule has 4 amide bonds. The van der Waals surface area contributed by atoms with Crippen molar-refractivity contribution in [2.75, 3.05) is 12.3 Å². The van der Waals surface area contributed by atoms with Crippen LogP contribution in [0.4, 0.5) is 0 Å². The molecule has 0 aromatic carbocycles. The normalized spacial score (nSPS) is 23.9. The highest BCUT2D eigenvalue weighted by Crippen LogP contribution is 2.33. The minimum absolute atomic E-state index is 0.101. The van der Waals surface area contributed by atoms with Crippen LogP contribution in [-0.4, -0.2) is 63.9 Å². The van der Waals surface area contributed by atoms with E-state index in [1.807, 2.05) is 0 Å². The van der Waals surface area contributed by atoms with Gasteiger partial charge in [0.15, 0.2) is 0 Å². The third kappa shape index (κ3) is 6.38. The minimum Gasteiger partial charge on any atom is -0.330 e. The fraction of sp³-hybridized carbons (Fsp3) is 0.700. The molecule has 2 rings (SSSR count). The lowest BCUT2D eigenvalue weighted by molar-refractivity contribution is -0.200. The summed E-state index contributed by atoms with van der Waals surface area (Å²) in [5.74, 6) is -1.35. The van der Waals surface area contributed by atoms with Gasteiger partial charge in [0.25, 0.3) is 12.3 Å². The van der Waals surface area contributed by atoms with Gasteiger partial charge in [0.05, 0.1) is 11.2 Å². The van der Waals surface area contributed by atoms with E-state index in [9.17, 15) is 28.8 Å². The highest BCUT2D eigenvalue weighted by molar-refractivity contribution is 8.00. The maximum absolute atomic E-state index is 12.5. The number of imide groups is 2. The van der Waals surface area contributed by atoms with Gasteiger partial charge in [-0.1, -0.05) is 6.92 Å². The van der Waals surface area contributed by atoms with E-state index in [-0.39, 0.29) is 37.0 Å². The van der Waals surface area contributed by atoms with Crippen LogP contribution in [0.25, 0.3) is 0 Å². The Labute approximate surface area is 179 Å². The quantitative estimate of drug-likeness (QED) is 0.217. The van der Waals surface area contributed by atoms with Crippen molar-refractivity contribution < 1.29 is 33.6 Å². The van der Waals surface area contributed by atoms with Gasteiger partial charge < -0.3 is 9.63 Å². The summed E-state index contributed by atoms with van der Waals surface area (Å²) < 4.78 is 0. The Bertz CT molecular complexity index is 676. The van der Waals surface area contributed by atoms with Gasteiger partial charge in [-0.15, -0.1) is 16.8 Å². The lowest BCUT2D eigenvalue weighted by atomic mass is 9.82. The molecule has 0 spiro atoms. The van der Waals surface area contributed by atoms with Crippen molar-refractivity contribution in [3.05, 3.63) is 0 Å². The summed E-state index contributed by atoms with van der Waals surface area (Å²) in [6.45, 7) is 2.12. The number of rotatable bonds is 10. The van der Waals surface area contributed by atoms with E-state index >= 15 is 0 Å². The maximum atomic E-state index is 12.5. The molecule has 0 bridgehead atoms. The molecule has 0 radical (unpaired) electrons. The highest BCUT2D eigenvalue weighted by Gasteiger charge is 2.40. The molecule has 10 heteroatoms. The molecule has 1 saturated carbocycles. The van der Waals surface area contributed by atoms with Crippen LogP contribution in [0.15, 0.2) is 0 Å². The molecule has 9 nitrogen and oxygen atoms in total.